The highest BCUT2D eigenvalue weighted by Gasteiger charge is 2.05. The summed E-state index contributed by atoms with van der Waals surface area (Å²) in [6.45, 7) is 4.55. The molecule has 0 fully saturated rings. The molecular formula is C10H13BrO2. The first-order valence-electron chi connectivity index (χ1n) is 4.21. The molecule has 0 aromatic heterocycles. The maximum Gasteiger partial charge on any atom is 0.125 e. The Morgan fingerprint density at radius 3 is 2.69 bits per heavy atom. The molecule has 13 heavy (non-hydrogen) atoms. The van der Waals surface area contributed by atoms with E-state index < -0.39 is 0 Å². The van der Waals surface area contributed by atoms with Gasteiger partial charge in [-0.1, -0.05) is 15.9 Å². The van der Waals surface area contributed by atoms with Crippen molar-refractivity contribution in [1.82, 2.24) is 0 Å². The van der Waals surface area contributed by atoms with E-state index >= 15 is 0 Å². The summed E-state index contributed by atoms with van der Waals surface area (Å²) in [6.07, 6.45) is 0. The second kappa shape index (κ2) is 4.63. The van der Waals surface area contributed by atoms with Gasteiger partial charge < -0.3 is 9.84 Å². The maximum absolute atomic E-state index is 9.06. The first-order valence-corrected chi connectivity index (χ1v) is 5.01. The van der Waals surface area contributed by atoms with E-state index in [9.17, 15) is 0 Å². The molecule has 1 N–H and O–H groups in total. The molecule has 0 aliphatic heterocycles. The summed E-state index contributed by atoms with van der Waals surface area (Å²) in [4.78, 5) is 0. The van der Waals surface area contributed by atoms with E-state index in [0.717, 1.165) is 21.3 Å². The van der Waals surface area contributed by atoms with Crippen molar-refractivity contribution < 1.29 is 9.84 Å². The summed E-state index contributed by atoms with van der Waals surface area (Å²) in [5.74, 6) is 0.769. The van der Waals surface area contributed by atoms with Gasteiger partial charge in [-0.2, -0.15) is 0 Å². The van der Waals surface area contributed by atoms with Crippen LogP contribution in [-0.2, 0) is 6.61 Å². The Labute approximate surface area is 86.7 Å². The van der Waals surface area contributed by atoms with Crippen LogP contribution in [0.25, 0.3) is 0 Å². The molecule has 0 amide bonds. The SMILES string of the molecule is CCOc1cc(C)c(Br)cc1CO. The lowest BCUT2D eigenvalue weighted by Gasteiger charge is -2.10. The zero-order valence-corrected chi connectivity index (χ0v) is 9.39. The van der Waals surface area contributed by atoms with Crippen LogP contribution in [0.3, 0.4) is 0 Å². The number of hydrogen-bond acceptors (Lipinski definition) is 2. The van der Waals surface area contributed by atoms with Crippen molar-refractivity contribution in [1.29, 1.82) is 0 Å². The highest BCUT2D eigenvalue weighted by molar-refractivity contribution is 9.10. The van der Waals surface area contributed by atoms with Gasteiger partial charge in [-0.05, 0) is 31.5 Å². The third-order valence-electron chi connectivity index (χ3n) is 1.81. The summed E-state index contributed by atoms with van der Waals surface area (Å²) in [5, 5.41) is 9.06. The Kier molecular flexibility index (Phi) is 3.75. The maximum atomic E-state index is 9.06. The van der Waals surface area contributed by atoms with Gasteiger partial charge in [0.1, 0.15) is 5.75 Å². The van der Waals surface area contributed by atoms with E-state index in [4.69, 9.17) is 9.84 Å². The quantitative estimate of drug-likeness (QED) is 0.886. The Hall–Kier alpha value is -0.540. The number of ether oxygens (including phenoxy) is 1. The second-order valence-electron chi connectivity index (χ2n) is 2.80. The molecule has 0 aliphatic rings. The number of hydrogen-bond donors (Lipinski definition) is 1. The highest BCUT2D eigenvalue weighted by Crippen LogP contribution is 2.26. The van der Waals surface area contributed by atoms with Crippen LogP contribution in [0.4, 0.5) is 0 Å². The van der Waals surface area contributed by atoms with Crippen molar-refractivity contribution in [2.24, 2.45) is 0 Å². The van der Waals surface area contributed by atoms with Crippen LogP contribution in [0.1, 0.15) is 18.1 Å². The third-order valence-corrected chi connectivity index (χ3v) is 2.67. The molecule has 0 aliphatic carbocycles. The van der Waals surface area contributed by atoms with Crippen molar-refractivity contribution in [3.05, 3.63) is 27.7 Å². The van der Waals surface area contributed by atoms with Gasteiger partial charge in [0, 0.05) is 10.0 Å². The predicted molar refractivity (Wildman–Crippen MR) is 56.0 cm³/mol. The molecule has 0 radical (unpaired) electrons. The predicted octanol–water partition coefficient (Wildman–Crippen LogP) is 2.65. The van der Waals surface area contributed by atoms with Crippen molar-refractivity contribution >= 4 is 15.9 Å². The highest BCUT2D eigenvalue weighted by atomic mass is 79.9. The average Bonchev–Trinajstić information content (AvgIpc) is 2.11. The molecule has 1 rings (SSSR count). The van der Waals surface area contributed by atoms with Gasteiger partial charge in [-0.15, -0.1) is 0 Å². The van der Waals surface area contributed by atoms with Gasteiger partial charge in [0.05, 0.1) is 13.2 Å². The summed E-state index contributed by atoms with van der Waals surface area (Å²) in [6, 6.07) is 3.82. The number of aliphatic hydroxyl groups excluding tert-OH is 1. The molecule has 3 heteroatoms. The molecule has 0 saturated carbocycles. The first-order chi connectivity index (χ1) is 6.19. The lowest BCUT2D eigenvalue weighted by atomic mass is 10.1. The van der Waals surface area contributed by atoms with Gasteiger partial charge in [0.25, 0.3) is 0 Å². The average molecular weight is 245 g/mol. The van der Waals surface area contributed by atoms with Crippen LogP contribution in [0.15, 0.2) is 16.6 Å². The van der Waals surface area contributed by atoms with Gasteiger partial charge in [-0.25, -0.2) is 0 Å². The van der Waals surface area contributed by atoms with Crippen LogP contribution in [0.5, 0.6) is 5.75 Å². The van der Waals surface area contributed by atoms with Gasteiger partial charge in [-0.3, -0.25) is 0 Å². The summed E-state index contributed by atoms with van der Waals surface area (Å²) >= 11 is 3.41. The largest absolute Gasteiger partial charge is 0.493 e. The van der Waals surface area contributed by atoms with E-state index in [2.05, 4.69) is 15.9 Å². The Morgan fingerprint density at radius 1 is 1.46 bits per heavy atom. The molecule has 0 unspecified atom stereocenters. The lowest BCUT2D eigenvalue weighted by molar-refractivity contribution is 0.267. The van der Waals surface area contributed by atoms with E-state index in [0.29, 0.717) is 6.61 Å². The van der Waals surface area contributed by atoms with E-state index in [-0.39, 0.29) is 6.61 Å². The number of aliphatic hydroxyl groups is 1. The number of halogens is 1. The molecule has 1 aromatic carbocycles. The van der Waals surface area contributed by atoms with Crippen LogP contribution in [0, 0.1) is 6.92 Å². The minimum Gasteiger partial charge on any atom is -0.493 e. The van der Waals surface area contributed by atoms with Crippen LogP contribution >= 0.6 is 15.9 Å². The monoisotopic (exact) mass is 244 g/mol. The minimum absolute atomic E-state index is 0.00815. The molecule has 0 atom stereocenters. The standard InChI is InChI=1S/C10H13BrO2/c1-3-13-10-4-7(2)9(11)5-8(10)6-12/h4-5,12H,3,6H2,1-2H3. The fourth-order valence-electron chi connectivity index (χ4n) is 1.11. The summed E-state index contributed by atoms with van der Waals surface area (Å²) in [5.41, 5.74) is 1.93. The third kappa shape index (κ3) is 2.45. The Morgan fingerprint density at radius 2 is 2.15 bits per heavy atom. The fraction of sp³-hybridized carbons (Fsp3) is 0.400. The van der Waals surface area contributed by atoms with E-state index in [1.165, 1.54) is 0 Å². The lowest BCUT2D eigenvalue weighted by Crippen LogP contribution is -1.97. The zero-order chi connectivity index (χ0) is 9.84. The molecular weight excluding hydrogens is 232 g/mol. The van der Waals surface area contributed by atoms with Crippen LogP contribution in [0.2, 0.25) is 0 Å². The van der Waals surface area contributed by atoms with Gasteiger partial charge in [0.15, 0.2) is 0 Å². The molecule has 0 bridgehead atoms. The zero-order valence-electron chi connectivity index (χ0n) is 7.80. The summed E-state index contributed by atoms with van der Waals surface area (Å²) < 4.78 is 6.38. The van der Waals surface area contributed by atoms with Gasteiger partial charge in [0.2, 0.25) is 0 Å². The fourth-order valence-corrected chi connectivity index (χ4v) is 1.50. The summed E-state index contributed by atoms with van der Waals surface area (Å²) in [7, 11) is 0. The van der Waals surface area contributed by atoms with Crippen molar-refractivity contribution in [3.63, 3.8) is 0 Å². The van der Waals surface area contributed by atoms with Crippen molar-refractivity contribution in [2.45, 2.75) is 20.5 Å². The molecule has 1 aromatic rings. The number of rotatable bonds is 3. The van der Waals surface area contributed by atoms with Crippen LogP contribution < -0.4 is 4.74 Å². The van der Waals surface area contributed by atoms with Crippen LogP contribution in [-0.4, -0.2) is 11.7 Å². The van der Waals surface area contributed by atoms with Gasteiger partial charge >= 0.3 is 0 Å². The van der Waals surface area contributed by atoms with E-state index in [1.807, 2.05) is 26.0 Å². The van der Waals surface area contributed by atoms with Crippen molar-refractivity contribution in [2.75, 3.05) is 6.61 Å². The molecule has 2 nitrogen and oxygen atoms in total. The molecule has 0 spiro atoms. The number of benzene rings is 1. The molecule has 0 saturated heterocycles. The molecule has 72 valence electrons. The normalized spacial score (nSPS) is 10.2. The molecule has 0 heterocycles. The second-order valence-corrected chi connectivity index (χ2v) is 3.65. The number of aryl methyl sites for hydroxylation is 1. The Balaban J connectivity index is 3.09. The minimum atomic E-state index is 0.00815. The smallest absolute Gasteiger partial charge is 0.125 e. The van der Waals surface area contributed by atoms with E-state index in [1.54, 1.807) is 0 Å². The first kappa shape index (κ1) is 10.5. The van der Waals surface area contributed by atoms with Crippen molar-refractivity contribution in [3.8, 4) is 5.75 Å². The Bertz CT molecular complexity index is 297. The topological polar surface area (TPSA) is 29.5 Å².